The number of ether oxygens (including phenoxy) is 1. The number of aromatic nitrogens is 4. The summed E-state index contributed by atoms with van der Waals surface area (Å²) in [6.45, 7) is 5.95. The van der Waals surface area contributed by atoms with Gasteiger partial charge in [-0.1, -0.05) is 12.1 Å². The summed E-state index contributed by atoms with van der Waals surface area (Å²) in [5, 5.41) is 16.0. The van der Waals surface area contributed by atoms with E-state index in [9.17, 15) is 9.59 Å². The highest BCUT2D eigenvalue weighted by Gasteiger charge is 2.13. The number of nitrogens with one attached hydrogen (secondary N) is 1. The van der Waals surface area contributed by atoms with Crippen molar-refractivity contribution in [3.05, 3.63) is 99.7 Å². The fraction of sp³-hybridized carbons (Fsp3) is 0.115. The van der Waals surface area contributed by atoms with E-state index in [0.717, 1.165) is 17.0 Å². The molecule has 0 bridgehead atoms. The van der Waals surface area contributed by atoms with Crippen LogP contribution < -0.4 is 15.5 Å². The van der Waals surface area contributed by atoms with Crippen LogP contribution in [-0.2, 0) is 0 Å². The first-order chi connectivity index (χ1) is 16.9. The summed E-state index contributed by atoms with van der Waals surface area (Å²) in [6, 6.07) is 18.2. The molecule has 5 rings (SSSR count). The molecule has 0 aliphatic carbocycles. The molecule has 0 radical (unpaired) electrons. The van der Waals surface area contributed by atoms with E-state index in [2.05, 4.69) is 20.6 Å². The van der Waals surface area contributed by atoms with Crippen LogP contribution in [0, 0.1) is 20.8 Å². The van der Waals surface area contributed by atoms with Crippen molar-refractivity contribution in [1.82, 2.24) is 20.0 Å². The largest absolute Gasteiger partial charge is 0.451 e. The summed E-state index contributed by atoms with van der Waals surface area (Å²) < 4.78 is 13.1. The van der Waals surface area contributed by atoms with Crippen LogP contribution in [0.25, 0.3) is 16.8 Å². The maximum Gasteiger partial charge on any atom is 0.291 e. The van der Waals surface area contributed by atoms with Crippen LogP contribution in [0.5, 0.6) is 11.6 Å². The molecule has 174 valence electrons. The minimum atomic E-state index is -0.526. The van der Waals surface area contributed by atoms with Crippen molar-refractivity contribution in [2.45, 2.75) is 20.8 Å². The zero-order valence-electron chi connectivity index (χ0n) is 19.3. The minimum Gasteiger partial charge on any atom is -0.451 e. The third-order valence-corrected chi connectivity index (χ3v) is 5.69. The average molecular weight is 467 g/mol. The molecule has 9 nitrogen and oxygen atoms in total. The lowest BCUT2D eigenvalue weighted by molar-refractivity contribution is 0.0997. The second-order valence-electron chi connectivity index (χ2n) is 7.99. The van der Waals surface area contributed by atoms with Crippen LogP contribution in [0.1, 0.15) is 27.5 Å². The third kappa shape index (κ3) is 4.39. The van der Waals surface area contributed by atoms with Gasteiger partial charge in [-0.15, -0.1) is 10.2 Å². The predicted octanol–water partition coefficient (Wildman–Crippen LogP) is 4.74. The number of fused-ring (bicyclic) bond motifs is 1. The van der Waals surface area contributed by atoms with E-state index >= 15 is 0 Å². The highest BCUT2D eigenvalue weighted by molar-refractivity contribution is 6.03. The predicted molar refractivity (Wildman–Crippen MR) is 130 cm³/mol. The Morgan fingerprint density at radius 3 is 2.43 bits per heavy atom. The van der Waals surface area contributed by atoms with Crippen LogP contribution in [0.4, 0.5) is 5.69 Å². The first-order valence-electron chi connectivity index (χ1n) is 10.9. The van der Waals surface area contributed by atoms with Gasteiger partial charge in [-0.2, -0.15) is 5.10 Å². The number of para-hydroxylation sites is 1. The second-order valence-corrected chi connectivity index (χ2v) is 7.99. The zero-order valence-corrected chi connectivity index (χ0v) is 19.3. The van der Waals surface area contributed by atoms with Gasteiger partial charge in [0.25, 0.3) is 5.91 Å². The maximum absolute atomic E-state index is 12.6. The summed E-state index contributed by atoms with van der Waals surface area (Å²) in [4.78, 5) is 24.8. The third-order valence-electron chi connectivity index (χ3n) is 5.69. The van der Waals surface area contributed by atoms with E-state index in [4.69, 9.17) is 9.15 Å². The van der Waals surface area contributed by atoms with Crippen molar-refractivity contribution in [1.29, 1.82) is 0 Å². The normalized spacial score (nSPS) is 10.9. The van der Waals surface area contributed by atoms with Gasteiger partial charge in [0.1, 0.15) is 11.3 Å². The fourth-order valence-corrected chi connectivity index (χ4v) is 3.56. The van der Waals surface area contributed by atoms with E-state index in [1.54, 1.807) is 65.3 Å². The summed E-state index contributed by atoms with van der Waals surface area (Å²) >= 11 is 0. The molecule has 0 aliphatic heterocycles. The Morgan fingerprint density at radius 2 is 1.74 bits per heavy atom. The lowest BCUT2D eigenvalue weighted by Crippen LogP contribution is -2.14. The number of hydrogen-bond donors (Lipinski definition) is 1. The number of anilines is 1. The molecule has 3 aromatic heterocycles. The van der Waals surface area contributed by atoms with E-state index < -0.39 is 5.91 Å². The Balaban J connectivity index is 1.26. The van der Waals surface area contributed by atoms with E-state index in [0.29, 0.717) is 34.1 Å². The number of hydrogen-bond acceptors (Lipinski definition) is 7. The van der Waals surface area contributed by atoms with Crippen molar-refractivity contribution >= 4 is 22.6 Å². The molecule has 9 heteroatoms. The molecule has 0 spiro atoms. The van der Waals surface area contributed by atoms with Crippen LogP contribution in [0.15, 0.2) is 75.9 Å². The molecule has 5 aromatic rings. The van der Waals surface area contributed by atoms with E-state index in [1.807, 2.05) is 20.8 Å². The number of nitrogens with zero attached hydrogens (tertiary/aromatic N) is 4. The highest BCUT2D eigenvalue weighted by Crippen LogP contribution is 2.23. The van der Waals surface area contributed by atoms with Gasteiger partial charge in [0.05, 0.1) is 11.1 Å². The van der Waals surface area contributed by atoms with Gasteiger partial charge in [0.2, 0.25) is 5.88 Å². The molecule has 0 fully saturated rings. The molecule has 35 heavy (non-hydrogen) atoms. The smallest absolute Gasteiger partial charge is 0.291 e. The van der Waals surface area contributed by atoms with E-state index in [1.165, 1.54) is 6.07 Å². The van der Waals surface area contributed by atoms with Crippen molar-refractivity contribution in [3.63, 3.8) is 0 Å². The van der Waals surface area contributed by atoms with Gasteiger partial charge in [0.15, 0.2) is 17.0 Å². The first-order valence-corrected chi connectivity index (χ1v) is 10.9. The Labute approximate surface area is 200 Å². The molecule has 1 amide bonds. The van der Waals surface area contributed by atoms with Gasteiger partial charge >= 0.3 is 0 Å². The van der Waals surface area contributed by atoms with Crippen LogP contribution in [-0.4, -0.2) is 25.9 Å². The SMILES string of the molecule is Cc1nn(-c2ccc(Oc3ccc(NC(=O)c4cc(=O)c5ccccc5o4)cc3)nn2)c(C)c1C. The molecular weight excluding hydrogens is 446 g/mol. The number of rotatable bonds is 5. The van der Waals surface area contributed by atoms with Crippen molar-refractivity contribution in [3.8, 4) is 17.4 Å². The quantitative estimate of drug-likeness (QED) is 0.397. The van der Waals surface area contributed by atoms with Crippen molar-refractivity contribution in [2.75, 3.05) is 5.32 Å². The highest BCUT2D eigenvalue weighted by atomic mass is 16.5. The summed E-state index contributed by atoms with van der Waals surface area (Å²) in [5.74, 6) is 0.847. The van der Waals surface area contributed by atoms with Gasteiger partial charge < -0.3 is 14.5 Å². The van der Waals surface area contributed by atoms with Crippen molar-refractivity contribution < 1.29 is 13.9 Å². The second kappa shape index (κ2) is 8.86. The van der Waals surface area contributed by atoms with Gasteiger partial charge in [0, 0.05) is 23.5 Å². The Kier molecular flexibility index (Phi) is 5.58. The zero-order chi connectivity index (χ0) is 24.5. The van der Waals surface area contributed by atoms with Crippen molar-refractivity contribution in [2.24, 2.45) is 0 Å². The molecule has 0 atom stereocenters. The maximum atomic E-state index is 12.6. The summed E-state index contributed by atoms with van der Waals surface area (Å²) in [5.41, 5.74) is 3.65. The van der Waals surface area contributed by atoms with Gasteiger partial charge in [-0.25, -0.2) is 4.68 Å². The standard InChI is InChI=1S/C26H21N5O4/c1-15-16(2)30-31(17(15)3)24-12-13-25(29-28-24)34-19-10-8-18(9-11-19)27-26(33)23-14-21(32)20-6-4-5-7-22(20)35-23/h4-14H,1-3H3,(H,27,33). The number of aryl methyl sites for hydroxylation is 1. The van der Waals surface area contributed by atoms with Crippen LogP contribution in [0.3, 0.4) is 0 Å². The molecule has 0 aliphatic rings. The molecular formula is C26H21N5O4. The molecule has 0 saturated carbocycles. The number of carbonyl (C=O) groups excluding carboxylic acids is 1. The average Bonchev–Trinajstić information content (AvgIpc) is 3.13. The molecule has 0 saturated heterocycles. The fourth-order valence-electron chi connectivity index (χ4n) is 3.56. The minimum absolute atomic E-state index is 0.0674. The summed E-state index contributed by atoms with van der Waals surface area (Å²) in [7, 11) is 0. The monoisotopic (exact) mass is 467 g/mol. The number of benzene rings is 2. The topological polar surface area (TPSA) is 112 Å². The van der Waals surface area contributed by atoms with E-state index in [-0.39, 0.29) is 11.2 Å². The van der Waals surface area contributed by atoms with Crippen LogP contribution >= 0.6 is 0 Å². The van der Waals surface area contributed by atoms with Gasteiger partial charge in [-0.05, 0) is 68.8 Å². The first kappa shape index (κ1) is 22.0. The Hall–Kier alpha value is -4.79. The number of carbonyl (C=O) groups is 1. The Bertz CT molecular complexity index is 1600. The molecule has 2 aromatic carbocycles. The molecule has 1 N–H and O–H groups in total. The summed E-state index contributed by atoms with van der Waals surface area (Å²) in [6.07, 6.45) is 0. The molecule has 0 unspecified atom stereocenters. The molecule has 3 heterocycles. The number of amides is 1. The lowest BCUT2D eigenvalue weighted by atomic mass is 10.2. The van der Waals surface area contributed by atoms with Gasteiger partial charge in [-0.3, -0.25) is 9.59 Å². The lowest BCUT2D eigenvalue weighted by Gasteiger charge is -2.08. The Morgan fingerprint density at radius 1 is 0.971 bits per heavy atom. The van der Waals surface area contributed by atoms with Crippen LogP contribution in [0.2, 0.25) is 0 Å².